The van der Waals surface area contributed by atoms with E-state index in [9.17, 15) is 13.2 Å². The van der Waals surface area contributed by atoms with Gasteiger partial charge in [-0.15, -0.1) is 0 Å². The molecule has 0 aliphatic heterocycles. The number of benzene rings is 1. The summed E-state index contributed by atoms with van der Waals surface area (Å²) in [5.74, 6) is 0. The van der Waals surface area contributed by atoms with Crippen molar-refractivity contribution in [3.8, 4) is 0 Å². The van der Waals surface area contributed by atoms with Crippen LogP contribution in [0.1, 0.15) is 29.1 Å². The van der Waals surface area contributed by atoms with E-state index in [1.54, 1.807) is 39.8 Å². The molecule has 0 aliphatic carbocycles. The van der Waals surface area contributed by atoms with Crippen LogP contribution in [0.3, 0.4) is 0 Å². The van der Waals surface area contributed by atoms with Crippen LogP contribution in [0.2, 0.25) is 0 Å². The lowest BCUT2D eigenvalue weighted by atomic mass is 10.2. The molecule has 0 atom stereocenters. The van der Waals surface area contributed by atoms with E-state index in [0.717, 1.165) is 5.56 Å². The van der Waals surface area contributed by atoms with Gasteiger partial charge in [0.1, 0.15) is 5.60 Å². The van der Waals surface area contributed by atoms with Gasteiger partial charge in [0.25, 0.3) is 10.1 Å². The van der Waals surface area contributed by atoms with Crippen molar-refractivity contribution >= 4 is 16.2 Å². The maximum absolute atomic E-state index is 12.0. The van der Waals surface area contributed by atoms with Crippen molar-refractivity contribution < 1.29 is 24.9 Å². The summed E-state index contributed by atoms with van der Waals surface area (Å²) in [6.45, 7) is 3.47. The van der Waals surface area contributed by atoms with Crippen molar-refractivity contribution in [1.29, 1.82) is 0 Å². The summed E-state index contributed by atoms with van der Waals surface area (Å²) in [5, 5.41) is 2.14. The fourth-order valence-corrected chi connectivity index (χ4v) is 2.06. The number of amides is 1. The van der Waals surface area contributed by atoms with Crippen LogP contribution in [0.4, 0.5) is 4.79 Å². The molecule has 1 aromatic rings. The zero-order valence-corrected chi connectivity index (χ0v) is 13.3. The van der Waals surface area contributed by atoms with Gasteiger partial charge in [0.15, 0.2) is 0 Å². The van der Waals surface area contributed by atoms with Crippen molar-refractivity contribution in [2.75, 3.05) is 13.1 Å². The second kappa shape index (κ2) is 6.91. The van der Waals surface area contributed by atoms with Crippen LogP contribution in [-0.2, 0) is 19.0 Å². The SMILES string of the molecule is [2H]C([2H])(CNC(=O)OC(C)(C)C)OS(=O)(=O)c1ccc(C)cc1. The molecule has 0 aliphatic rings. The third-order valence-electron chi connectivity index (χ3n) is 2.18. The van der Waals surface area contributed by atoms with Crippen LogP contribution < -0.4 is 5.32 Å². The van der Waals surface area contributed by atoms with E-state index in [2.05, 4.69) is 9.50 Å². The fourth-order valence-electron chi connectivity index (χ4n) is 1.28. The lowest BCUT2D eigenvalue weighted by molar-refractivity contribution is 0.0520. The van der Waals surface area contributed by atoms with Gasteiger partial charge in [-0.2, -0.15) is 8.42 Å². The Bertz CT molecular complexity index is 651. The highest BCUT2D eigenvalue weighted by Crippen LogP contribution is 2.12. The van der Waals surface area contributed by atoms with Gasteiger partial charge < -0.3 is 10.1 Å². The molecule has 0 saturated heterocycles. The zero-order valence-electron chi connectivity index (χ0n) is 14.5. The van der Waals surface area contributed by atoms with E-state index < -0.39 is 34.9 Å². The van der Waals surface area contributed by atoms with Gasteiger partial charge >= 0.3 is 6.09 Å². The molecule has 1 rings (SSSR count). The van der Waals surface area contributed by atoms with Gasteiger partial charge in [-0.05, 0) is 39.8 Å². The van der Waals surface area contributed by atoms with Gasteiger partial charge in [-0.3, -0.25) is 4.18 Å². The quantitative estimate of drug-likeness (QED) is 0.842. The molecule has 0 aromatic heterocycles. The maximum atomic E-state index is 12.0. The molecule has 0 heterocycles. The summed E-state index contributed by atoms with van der Waals surface area (Å²) in [7, 11) is -4.28. The van der Waals surface area contributed by atoms with E-state index in [1.807, 2.05) is 0 Å². The predicted molar refractivity (Wildman–Crippen MR) is 78.6 cm³/mol. The minimum absolute atomic E-state index is 0.163. The number of nitrogens with one attached hydrogen (secondary N) is 1. The molecule has 0 fully saturated rings. The molecule has 0 spiro atoms. The van der Waals surface area contributed by atoms with Crippen molar-refractivity contribution in [3.63, 3.8) is 0 Å². The molecule has 7 heteroatoms. The first-order valence-electron chi connectivity index (χ1n) is 7.30. The molecule has 1 N–H and O–H groups in total. The molecule has 21 heavy (non-hydrogen) atoms. The number of aryl methyl sites for hydroxylation is 1. The topological polar surface area (TPSA) is 81.7 Å². The smallest absolute Gasteiger partial charge is 0.407 e. The average Bonchev–Trinajstić information content (AvgIpc) is 2.34. The van der Waals surface area contributed by atoms with Gasteiger partial charge in [-0.1, -0.05) is 17.7 Å². The lowest BCUT2D eigenvalue weighted by Crippen LogP contribution is -2.34. The van der Waals surface area contributed by atoms with Crippen LogP contribution in [-0.4, -0.2) is 33.2 Å². The van der Waals surface area contributed by atoms with Gasteiger partial charge in [0, 0.05) is 6.54 Å². The Kier molecular flexibility index (Phi) is 4.72. The molecule has 1 aromatic carbocycles. The second-order valence-electron chi connectivity index (χ2n) is 5.35. The first kappa shape index (κ1) is 14.3. The minimum atomic E-state index is -4.28. The monoisotopic (exact) mass is 317 g/mol. The first-order chi connectivity index (χ1) is 10.3. The first-order valence-corrected chi connectivity index (χ1v) is 7.71. The third kappa shape index (κ3) is 6.59. The molecular weight excluding hydrogens is 294 g/mol. The summed E-state index contributed by atoms with van der Waals surface area (Å²) in [6, 6.07) is 5.79. The van der Waals surface area contributed by atoms with Crippen molar-refractivity contribution in [2.45, 2.75) is 38.2 Å². The summed E-state index contributed by atoms with van der Waals surface area (Å²) >= 11 is 0. The summed E-state index contributed by atoms with van der Waals surface area (Å²) in [4.78, 5) is 11.3. The van der Waals surface area contributed by atoms with E-state index in [1.165, 1.54) is 12.1 Å². The molecule has 1 amide bonds. The van der Waals surface area contributed by atoms with Crippen LogP contribution in [0.15, 0.2) is 29.2 Å². The van der Waals surface area contributed by atoms with E-state index >= 15 is 0 Å². The highest BCUT2D eigenvalue weighted by molar-refractivity contribution is 7.86. The molecule has 0 unspecified atom stereocenters. The van der Waals surface area contributed by atoms with Crippen molar-refractivity contribution in [1.82, 2.24) is 5.32 Å². The van der Waals surface area contributed by atoms with Crippen molar-refractivity contribution in [3.05, 3.63) is 29.8 Å². The fraction of sp³-hybridized carbons (Fsp3) is 0.500. The number of hydrogen-bond acceptors (Lipinski definition) is 5. The number of carbonyl (C=O) groups is 1. The summed E-state index contributed by atoms with van der Waals surface area (Å²) in [6.07, 6.45) is -0.863. The third-order valence-corrected chi connectivity index (χ3v) is 3.37. The second-order valence-corrected chi connectivity index (χ2v) is 6.90. The number of carbonyl (C=O) groups excluding carboxylic acids is 1. The molecule has 0 radical (unpaired) electrons. The Morgan fingerprint density at radius 2 is 1.86 bits per heavy atom. The Morgan fingerprint density at radius 3 is 2.38 bits per heavy atom. The van der Waals surface area contributed by atoms with Crippen LogP contribution in [0, 0.1) is 6.92 Å². The van der Waals surface area contributed by atoms with Crippen molar-refractivity contribution in [2.24, 2.45) is 0 Å². The van der Waals surface area contributed by atoms with E-state index in [0.29, 0.717) is 0 Å². The van der Waals surface area contributed by atoms with Crippen LogP contribution in [0.5, 0.6) is 0 Å². The van der Waals surface area contributed by atoms with Crippen LogP contribution >= 0.6 is 0 Å². The number of hydrogen-bond donors (Lipinski definition) is 1. The van der Waals surface area contributed by atoms with Crippen LogP contribution in [0.25, 0.3) is 0 Å². The predicted octanol–water partition coefficient (Wildman–Crippen LogP) is 2.23. The standard InChI is InChI=1S/C14H21NO5S/c1-11-5-7-12(8-6-11)21(17,18)19-10-9-15-13(16)20-14(2,3)4/h5-8H,9-10H2,1-4H3,(H,15,16)/i10D2. The Balaban J connectivity index is 2.70. The van der Waals surface area contributed by atoms with Gasteiger partial charge in [-0.25, -0.2) is 4.79 Å². The molecule has 0 bridgehead atoms. The molecule has 0 saturated carbocycles. The number of rotatable bonds is 5. The van der Waals surface area contributed by atoms with E-state index in [4.69, 9.17) is 7.48 Å². The van der Waals surface area contributed by atoms with Gasteiger partial charge in [0.2, 0.25) is 0 Å². The normalized spacial score (nSPS) is 14.1. The highest BCUT2D eigenvalue weighted by Gasteiger charge is 2.17. The Labute approximate surface area is 128 Å². The maximum Gasteiger partial charge on any atom is 0.407 e. The lowest BCUT2D eigenvalue weighted by Gasteiger charge is -2.19. The molecule has 118 valence electrons. The highest BCUT2D eigenvalue weighted by atomic mass is 32.2. The summed E-state index contributed by atoms with van der Waals surface area (Å²) in [5.41, 5.74) is 0.115. The average molecular weight is 317 g/mol. The van der Waals surface area contributed by atoms with Gasteiger partial charge in [0.05, 0.1) is 14.2 Å². The molecular formula is C14H21NO5S. The number of alkyl carbamates (subject to hydrolysis) is 1. The number of ether oxygens (including phenoxy) is 1. The Hall–Kier alpha value is -1.60. The largest absolute Gasteiger partial charge is 0.444 e. The summed E-state index contributed by atoms with van der Waals surface area (Å²) < 4.78 is 48.7. The Morgan fingerprint density at radius 1 is 1.29 bits per heavy atom. The minimum Gasteiger partial charge on any atom is -0.444 e. The molecule has 6 nitrogen and oxygen atoms in total. The zero-order chi connectivity index (χ0) is 17.9. The van der Waals surface area contributed by atoms with E-state index in [-0.39, 0.29) is 4.90 Å².